The molecular weight excluding hydrogens is 310 g/mol. The minimum Gasteiger partial charge on any atom is -0.340 e. The number of carbonyl (C=O) groups excluding carboxylic acids is 1. The van der Waals surface area contributed by atoms with Crippen molar-refractivity contribution in [2.75, 3.05) is 5.32 Å². The van der Waals surface area contributed by atoms with Crippen LogP contribution in [0.5, 0.6) is 0 Å². The first-order valence-corrected chi connectivity index (χ1v) is 7.33. The monoisotopic (exact) mass is 324 g/mol. The van der Waals surface area contributed by atoms with Crippen molar-refractivity contribution in [3.8, 4) is 11.1 Å². The summed E-state index contributed by atoms with van der Waals surface area (Å²) in [6.45, 7) is 1.51. The van der Waals surface area contributed by atoms with Crippen molar-refractivity contribution in [1.82, 2.24) is 4.98 Å². The number of Topliss-reactive ketones (excluding diaryl/α,β-unsaturated/α-hetero) is 1. The van der Waals surface area contributed by atoms with Gasteiger partial charge in [-0.15, -0.1) is 0 Å². The molecule has 0 aliphatic carbocycles. The lowest BCUT2D eigenvalue weighted by Crippen LogP contribution is -1.96. The summed E-state index contributed by atoms with van der Waals surface area (Å²) in [6, 6.07) is 14.4. The number of carbonyl (C=O) groups is 1. The number of benzene rings is 2. The highest BCUT2D eigenvalue weighted by atomic mass is 19.2. The zero-order chi connectivity index (χ0) is 17.1. The van der Waals surface area contributed by atoms with E-state index in [2.05, 4.69) is 10.3 Å². The van der Waals surface area contributed by atoms with E-state index in [0.717, 1.165) is 11.8 Å². The average Bonchev–Trinajstić information content (AvgIpc) is 2.59. The Morgan fingerprint density at radius 3 is 2.38 bits per heavy atom. The number of halogens is 2. The molecule has 0 amide bonds. The molecule has 3 nitrogen and oxygen atoms in total. The fraction of sp³-hybridized carbons (Fsp3) is 0.0526. The van der Waals surface area contributed by atoms with E-state index < -0.39 is 11.6 Å². The topological polar surface area (TPSA) is 42.0 Å². The van der Waals surface area contributed by atoms with Gasteiger partial charge in [0.05, 0.1) is 0 Å². The predicted octanol–water partition coefficient (Wildman–Crippen LogP) is 4.97. The zero-order valence-electron chi connectivity index (χ0n) is 12.9. The van der Waals surface area contributed by atoms with Gasteiger partial charge < -0.3 is 5.32 Å². The van der Waals surface area contributed by atoms with Crippen LogP contribution in [0.4, 0.5) is 20.3 Å². The van der Waals surface area contributed by atoms with Gasteiger partial charge in [-0.3, -0.25) is 4.79 Å². The minimum atomic E-state index is -0.889. The molecule has 0 aliphatic rings. The van der Waals surface area contributed by atoms with E-state index in [1.54, 1.807) is 36.4 Å². The normalized spacial score (nSPS) is 10.5. The van der Waals surface area contributed by atoms with E-state index >= 15 is 0 Å². The van der Waals surface area contributed by atoms with E-state index in [4.69, 9.17) is 0 Å². The maximum atomic E-state index is 13.8. The second kappa shape index (κ2) is 6.58. The van der Waals surface area contributed by atoms with Crippen molar-refractivity contribution >= 4 is 17.3 Å². The van der Waals surface area contributed by atoms with Crippen molar-refractivity contribution in [1.29, 1.82) is 0 Å². The molecule has 5 heteroatoms. The van der Waals surface area contributed by atoms with Crippen molar-refractivity contribution in [2.24, 2.45) is 0 Å². The number of aromatic nitrogens is 1. The molecule has 0 unspecified atom stereocenters. The molecule has 0 saturated carbocycles. The standard InChI is InChI=1S/C19H14F2N2O/c1-12(24)13-5-8-15(9-6-13)23-18-10-7-14(11-22-18)16-3-2-4-17(20)19(16)21/h2-11H,1H3,(H,22,23). The molecule has 0 bridgehead atoms. The van der Waals surface area contributed by atoms with Crippen LogP contribution in [0.2, 0.25) is 0 Å². The quantitative estimate of drug-likeness (QED) is 0.689. The molecule has 0 radical (unpaired) electrons. The Hall–Kier alpha value is -3.08. The third kappa shape index (κ3) is 3.30. The van der Waals surface area contributed by atoms with Gasteiger partial charge in [0.1, 0.15) is 5.82 Å². The smallest absolute Gasteiger partial charge is 0.166 e. The number of ketones is 1. The van der Waals surface area contributed by atoms with Crippen LogP contribution in [0.3, 0.4) is 0 Å². The largest absolute Gasteiger partial charge is 0.340 e. The van der Waals surface area contributed by atoms with Crippen LogP contribution in [0.15, 0.2) is 60.8 Å². The number of rotatable bonds is 4. The SMILES string of the molecule is CC(=O)c1ccc(Nc2ccc(-c3cccc(F)c3F)cn2)cc1. The molecule has 0 saturated heterocycles. The number of hydrogen-bond acceptors (Lipinski definition) is 3. The second-order valence-corrected chi connectivity index (χ2v) is 5.29. The maximum absolute atomic E-state index is 13.8. The summed E-state index contributed by atoms with van der Waals surface area (Å²) in [7, 11) is 0. The number of anilines is 2. The molecule has 0 spiro atoms. The summed E-state index contributed by atoms with van der Waals surface area (Å²) in [5, 5.41) is 3.08. The summed E-state index contributed by atoms with van der Waals surface area (Å²) in [5.41, 5.74) is 2.06. The van der Waals surface area contributed by atoms with Crippen LogP contribution in [-0.4, -0.2) is 10.8 Å². The number of nitrogens with one attached hydrogen (secondary N) is 1. The fourth-order valence-electron chi connectivity index (χ4n) is 2.29. The summed E-state index contributed by atoms with van der Waals surface area (Å²) in [4.78, 5) is 15.5. The molecule has 3 rings (SSSR count). The van der Waals surface area contributed by atoms with E-state index in [0.29, 0.717) is 16.9 Å². The Morgan fingerprint density at radius 1 is 1.00 bits per heavy atom. The van der Waals surface area contributed by atoms with Crippen molar-refractivity contribution in [3.63, 3.8) is 0 Å². The summed E-state index contributed by atoms with van der Waals surface area (Å²) in [5.74, 6) is -1.22. The molecular formula is C19H14F2N2O. The Labute approximate surface area is 138 Å². The first kappa shape index (κ1) is 15.8. The third-order valence-electron chi connectivity index (χ3n) is 3.59. The number of hydrogen-bond donors (Lipinski definition) is 1. The lowest BCUT2D eigenvalue weighted by Gasteiger charge is -2.08. The van der Waals surface area contributed by atoms with E-state index in [1.165, 1.54) is 25.3 Å². The molecule has 0 fully saturated rings. The Balaban J connectivity index is 1.79. The van der Waals surface area contributed by atoms with Crippen LogP contribution in [0, 0.1) is 11.6 Å². The van der Waals surface area contributed by atoms with Gasteiger partial charge >= 0.3 is 0 Å². The van der Waals surface area contributed by atoms with Gasteiger partial charge in [0.2, 0.25) is 0 Å². The van der Waals surface area contributed by atoms with E-state index in [-0.39, 0.29) is 11.3 Å². The highest BCUT2D eigenvalue weighted by Crippen LogP contribution is 2.25. The second-order valence-electron chi connectivity index (χ2n) is 5.29. The highest BCUT2D eigenvalue weighted by molar-refractivity contribution is 5.94. The fourth-order valence-corrected chi connectivity index (χ4v) is 2.29. The predicted molar refractivity (Wildman–Crippen MR) is 89.3 cm³/mol. The van der Waals surface area contributed by atoms with Gasteiger partial charge in [-0.2, -0.15) is 0 Å². The third-order valence-corrected chi connectivity index (χ3v) is 3.59. The van der Waals surface area contributed by atoms with Crippen LogP contribution in [-0.2, 0) is 0 Å². The first-order valence-electron chi connectivity index (χ1n) is 7.33. The zero-order valence-corrected chi connectivity index (χ0v) is 12.9. The molecule has 1 N–H and O–H groups in total. The Bertz CT molecular complexity index is 875. The molecule has 1 aromatic heterocycles. The summed E-state index contributed by atoms with van der Waals surface area (Å²) < 4.78 is 27.1. The summed E-state index contributed by atoms with van der Waals surface area (Å²) >= 11 is 0. The van der Waals surface area contributed by atoms with Gasteiger partial charge in [0.15, 0.2) is 17.4 Å². The minimum absolute atomic E-state index is 0.00106. The van der Waals surface area contributed by atoms with Gasteiger partial charge in [-0.25, -0.2) is 13.8 Å². The van der Waals surface area contributed by atoms with Crippen molar-refractivity contribution < 1.29 is 13.6 Å². The van der Waals surface area contributed by atoms with E-state index in [9.17, 15) is 13.6 Å². The van der Waals surface area contributed by atoms with Crippen LogP contribution < -0.4 is 5.32 Å². The lowest BCUT2D eigenvalue weighted by atomic mass is 10.1. The van der Waals surface area contributed by atoms with Crippen molar-refractivity contribution in [2.45, 2.75) is 6.92 Å². The Kier molecular flexibility index (Phi) is 4.33. The molecule has 0 aliphatic heterocycles. The first-order chi connectivity index (χ1) is 11.5. The van der Waals surface area contributed by atoms with Gasteiger partial charge in [-0.1, -0.05) is 12.1 Å². The number of nitrogens with zero attached hydrogens (tertiary/aromatic N) is 1. The van der Waals surface area contributed by atoms with Crippen LogP contribution in [0.1, 0.15) is 17.3 Å². The molecule has 24 heavy (non-hydrogen) atoms. The van der Waals surface area contributed by atoms with Crippen LogP contribution in [0.25, 0.3) is 11.1 Å². The summed E-state index contributed by atoms with van der Waals surface area (Å²) in [6.07, 6.45) is 1.48. The lowest BCUT2D eigenvalue weighted by molar-refractivity contribution is 0.101. The molecule has 3 aromatic rings. The van der Waals surface area contributed by atoms with E-state index in [1.807, 2.05) is 0 Å². The highest BCUT2D eigenvalue weighted by Gasteiger charge is 2.10. The molecule has 2 aromatic carbocycles. The molecule has 1 heterocycles. The Morgan fingerprint density at radius 2 is 1.75 bits per heavy atom. The van der Waals surface area contributed by atoms with Crippen LogP contribution >= 0.6 is 0 Å². The average molecular weight is 324 g/mol. The van der Waals surface area contributed by atoms with Crippen molar-refractivity contribution in [3.05, 3.63) is 78.0 Å². The maximum Gasteiger partial charge on any atom is 0.166 e. The van der Waals surface area contributed by atoms with Gasteiger partial charge in [0.25, 0.3) is 0 Å². The van der Waals surface area contributed by atoms with Gasteiger partial charge in [0, 0.05) is 28.6 Å². The number of pyridine rings is 1. The molecule has 120 valence electrons. The van der Waals surface area contributed by atoms with Gasteiger partial charge in [-0.05, 0) is 49.4 Å². The molecule has 0 atom stereocenters.